The van der Waals surface area contributed by atoms with E-state index in [-0.39, 0.29) is 0 Å². The predicted octanol–water partition coefficient (Wildman–Crippen LogP) is 21.3. The van der Waals surface area contributed by atoms with Gasteiger partial charge in [0.25, 0.3) is 0 Å². The van der Waals surface area contributed by atoms with Gasteiger partial charge in [-0.3, -0.25) is 0 Å². The quantitative estimate of drug-likeness (QED) is 0.128. The Kier molecular flexibility index (Phi) is 12.9. The highest BCUT2D eigenvalue weighted by Crippen LogP contribution is 2.58. The number of hydrogen-bond donors (Lipinski definition) is 0. The van der Waals surface area contributed by atoms with Gasteiger partial charge in [0.15, 0.2) is 34.9 Å². The summed E-state index contributed by atoms with van der Waals surface area (Å²) in [4.78, 5) is 32.1. The number of hydrogen-bond acceptors (Lipinski definition) is 6. The summed E-state index contributed by atoms with van der Waals surface area (Å²) < 4.78 is 5.02. The van der Waals surface area contributed by atoms with Crippen molar-refractivity contribution in [2.45, 2.75) is 10.8 Å². The summed E-state index contributed by atoms with van der Waals surface area (Å²) in [5, 5.41) is 4.40. The van der Waals surface area contributed by atoms with Crippen LogP contribution < -0.4 is 0 Å². The first-order valence-corrected chi connectivity index (χ1v) is 34.0. The second kappa shape index (κ2) is 22.7. The van der Waals surface area contributed by atoms with E-state index in [1.54, 1.807) is 0 Å². The van der Waals surface area contributed by atoms with Crippen LogP contribution >= 0.6 is 0 Å². The lowest BCUT2D eigenvalue weighted by Crippen LogP contribution is -2.35. The number of fused-ring (bicyclic) bond motifs is 10. The zero-order valence-corrected chi connectivity index (χ0v) is 54.1. The summed E-state index contributed by atoms with van der Waals surface area (Å²) in [6.07, 6.45) is 0. The standard InChI is InChI=1S/C92H58N8/c1-9-29-59(30-10-1)85-93-86(60-31-11-2-12-32-60)96-89(95-85)65-55-73-71-53-63(49-51-79(71)99-81-47-27-25-45-75(81)91(77(57-65)83(73)99,67-37-17-5-18-38-67)68-39-19-6-20-40-68)64-50-52-80-72(54-64)74-56-66(90-97-87(61-33-13-3-14-34-61)94-88(98-90)62-35-15-4-16-36-62)58-78-84(74)100(80)82-48-28-26-46-76(82)92(78,69-41-21-7-22-42-69)70-43-23-8-24-44-70/h1-58H. The zero-order valence-electron chi connectivity index (χ0n) is 54.1. The molecule has 0 amide bonds. The Morgan fingerprint density at radius 1 is 0.190 bits per heavy atom. The molecule has 0 spiro atoms. The fraction of sp³-hybridized carbons (Fsp3) is 0.0217. The van der Waals surface area contributed by atoms with E-state index in [0.29, 0.717) is 34.9 Å². The molecule has 2 aliphatic heterocycles. The maximum Gasteiger partial charge on any atom is 0.164 e. The van der Waals surface area contributed by atoms with E-state index < -0.39 is 10.8 Å². The van der Waals surface area contributed by atoms with Crippen molar-refractivity contribution in [1.82, 2.24) is 39.0 Å². The second-order valence-electron chi connectivity index (χ2n) is 26.0. The van der Waals surface area contributed by atoms with Gasteiger partial charge in [0.1, 0.15) is 0 Å². The average molecular weight is 1280 g/mol. The van der Waals surface area contributed by atoms with Gasteiger partial charge in [-0.1, -0.05) is 291 Å². The van der Waals surface area contributed by atoms with Gasteiger partial charge in [0, 0.05) is 54.9 Å². The first-order valence-electron chi connectivity index (χ1n) is 34.0. The lowest BCUT2D eigenvalue weighted by molar-refractivity contribution is 0.728. The molecular formula is C92H58N8. The SMILES string of the molecule is c1ccc(-c2nc(-c3ccccc3)nc(-c3cc4c5c(c3)c3cc(-c6ccc7c(c6)c6cc(-c8nc(-c9ccccc9)nc(-c9ccccc9)n8)cc8c6n7-c6ccccc6C8(c6ccccc6)c6ccccc6)ccc3n5-c3ccccc3C4(c3ccccc3)c3ccccc3)n2)cc1. The third-order valence-electron chi connectivity index (χ3n) is 20.7. The van der Waals surface area contributed by atoms with E-state index in [1.807, 2.05) is 72.8 Å². The van der Waals surface area contributed by atoms with E-state index in [9.17, 15) is 0 Å². The molecule has 6 heterocycles. The van der Waals surface area contributed by atoms with Crippen molar-refractivity contribution in [3.8, 4) is 90.8 Å². The molecule has 0 bridgehead atoms. The molecule has 0 saturated heterocycles. The van der Waals surface area contributed by atoms with Crippen LogP contribution in [-0.4, -0.2) is 39.0 Å². The Labute approximate surface area is 577 Å². The summed E-state index contributed by atoms with van der Waals surface area (Å²) in [5.74, 6) is 3.60. The minimum absolute atomic E-state index is 0.588. The number of benzene rings is 14. The van der Waals surface area contributed by atoms with Gasteiger partial charge in [-0.2, -0.15) is 0 Å². The van der Waals surface area contributed by atoms with Gasteiger partial charge in [-0.05, 0) is 116 Å². The summed E-state index contributed by atoms with van der Waals surface area (Å²) in [7, 11) is 0. The molecule has 4 aromatic heterocycles. The lowest BCUT2D eigenvalue weighted by Gasteiger charge is -2.42. The molecule has 20 rings (SSSR count). The van der Waals surface area contributed by atoms with Crippen molar-refractivity contribution in [3.63, 3.8) is 0 Å². The van der Waals surface area contributed by atoms with Gasteiger partial charge < -0.3 is 9.13 Å². The molecule has 0 unspecified atom stereocenters. The van der Waals surface area contributed by atoms with Gasteiger partial charge in [0.2, 0.25) is 0 Å². The first kappa shape index (κ1) is 57.0. The Morgan fingerprint density at radius 2 is 0.440 bits per heavy atom. The van der Waals surface area contributed by atoms with Crippen molar-refractivity contribution in [3.05, 3.63) is 396 Å². The Hall–Kier alpha value is -13.3. The minimum Gasteiger partial charge on any atom is -0.309 e. The van der Waals surface area contributed by atoms with E-state index in [4.69, 9.17) is 29.9 Å². The molecule has 100 heavy (non-hydrogen) atoms. The monoisotopic (exact) mass is 1270 g/mol. The Morgan fingerprint density at radius 3 is 0.740 bits per heavy atom. The molecule has 466 valence electrons. The fourth-order valence-corrected chi connectivity index (χ4v) is 16.5. The normalized spacial score (nSPS) is 13.2. The van der Waals surface area contributed by atoms with Crippen molar-refractivity contribution in [1.29, 1.82) is 0 Å². The summed E-state index contributed by atoms with van der Waals surface area (Å²) in [5.41, 5.74) is 22.0. The molecule has 18 aromatic rings. The Balaban J connectivity index is 0.876. The number of aromatic nitrogens is 8. The zero-order chi connectivity index (χ0) is 65.9. The smallest absolute Gasteiger partial charge is 0.164 e. The number of nitrogens with zero attached hydrogens (tertiary/aromatic N) is 8. The highest BCUT2D eigenvalue weighted by molar-refractivity contribution is 6.17. The first-order chi connectivity index (χ1) is 49.6. The molecule has 2 aliphatic rings. The minimum atomic E-state index is -0.774. The van der Waals surface area contributed by atoms with Crippen LogP contribution in [0.15, 0.2) is 352 Å². The third-order valence-corrected chi connectivity index (χ3v) is 20.7. The van der Waals surface area contributed by atoms with Crippen molar-refractivity contribution < 1.29 is 0 Å². The number of rotatable bonds is 11. The van der Waals surface area contributed by atoms with Crippen LogP contribution in [0, 0.1) is 0 Å². The molecule has 0 fully saturated rings. The second-order valence-corrected chi connectivity index (χ2v) is 26.0. The van der Waals surface area contributed by atoms with E-state index in [1.165, 1.54) is 11.1 Å². The highest BCUT2D eigenvalue weighted by Gasteiger charge is 2.48. The van der Waals surface area contributed by atoms with Crippen LogP contribution in [0.25, 0.3) is 134 Å². The fourth-order valence-electron chi connectivity index (χ4n) is 16.5. The summed E-state index contributed by atoms with van der Waals surface area (Å²) in [6, 6.07) is 127. The molecular weight excluding hydrogens is 1220 g/mol. The number of para-hydroxylation sites is 2. The van der Waals surface area contributed by atoms with E-state index in [2.05, 4.69) is 288 Å². The van der Waals surface area contributed by atoms with Crippen LogP contribution in [0.3, 0.4) is 0 Å². The molecule has 0 atom stereocenters. The average Bonchev–Trinajstić information content (AvgIpc) is 1.42. The summed E-state index contributed by atoms with van der Waals surface area (Å²) in [6.45, 7) is 0. The van der Waals surface area contributed by atoms with Gasteiger partial charge in [-0.25, -0.2) is 29.9 Å². The van der Waals surface area contributed by atoms with Crippen molar-refractivity contribution in [2.75, 3.05) is 0 Å². The van der Waals surface area contributed by atoms with Crippen LogP contribution in [0.4, 0.5) is 0 Å². The molecule has 8 nitrogen and oxygen atoms in total. The van der Waals surface area contributed by atoms with Gasteiger partial charge in [0.05, 0.1) is 44.3 Å². The van der Waals surface area contributed by atoms with Crippen molar-refractivity contribution in [2.24, 2.45) is 0 Å². The molecule has 0 N–H and O–H groups in total. The van der Waals surface area contributed by atoms with Crippen LogP contribution in [0.5, 0.6) is 0 Å². The largest absolute Gasteiger partial charge is 0.309 e. The van der Waals surface area contributed by atoms with Gasteiger partial charge >= 0.3 is 0 Å². The van der Waals surface area contributed by atoms with Crippen LogP contribution in [0.2, 0.25) is 0 Å². The van der Waals surface area contributed by atoms with Gasteiger partial charge in [-0.15, -0.1) is 0 Å². The van der Waals surface area contributed by atoms with Crippen LogP contribution in [-0.2, 0) is 10.8 Å². The molecule has 8 heteroatoms. The van der Waals surface area contributed by atoms with E-state index >= 15 is 0 Å². The highest BCUT2D eigenvalue weighted by atomic mass is 15.1. The maximum absolute atomic E-state index is 5.44. The topological polar surface area (TPSA) is 87.2 Å². The maximum atomic E-state index is 5.44. The predicted molar refractivity (Wildman–Crippen MR) is 404 cm³/mol. The van der Waals surface area contributed by atoms with Crippen molar-refractivity contribution >= 4 is 43.6 Å². The molecule has 0 aliphatic carbocycles. The summed E-state index contributed by atoms with van der Waals surface area (Å²) >= 11 is 0. The molecule has 0 radical (unpaired) electrons. The van der Waals surface area contributed by atoms with Crippen LogP contribution in [0.1, 0.15) is 44.5 Å². The molecule has 0 saturated carbocycles. The Bertz CT molecular complexity index is 5660. The molecule has 14 aromatic carbocycles. The lowest BCUT2D eigenvalue weighted by atomic mass is 9.63. The van der Waals surface area contributed by atoms with E-state index in [0.717, 1.165) is 133 Å². The third kappa shape index (κ3) is 8.60.